The molecule has 0 bridgehead atoms. The number of fused-ring (bicyclic) bond motifs is 1. The van der Waals surface area contributed by atoms with Gasteiger partial charge < -0.3 is 5.32 Å². The minimum atomic E-state index is 0.0590. The molecular formula is C18H22N2OS2. The third-order valence-electron chi connectivity index (χ3n) is 4.05. The van der Waals surface area contributed by atoms with E-state index in [1.807, 2.05) is 0 Å². The molecule has 0 saturated heterocycles. The summed E-state index contributed by atoms with van der Waals surface area (Å²) in [5.74, 6) is 1.58. The van der Waals surface area contributed by atoms with Crippen LogP contribution in [0.4, 0.5) is 5.13 Å². The number of carbonyl (C=O) groups excluding carboxylic acids is 1. The molecule has 0 saturated carbocycles. The molecule has 0 aliphatic heterocycles. The molecule has 0 unspecified atom stereocenters. The maximum Gasteiger partial charge on any atom is 0.226 e. The Balaban J connectivity index is 1.47. The Labute approximate surface area is 145 Å². The summed E-state index contributed by atoms with van der Waals surface area (Å²) >= 11 is 3.37. The number of hydrogen-bond donors (Lipinski definition) is 1. The number of benzene rings is 1. The molecule has 1 aliphatic rings. The van der Waals surface area contributed by atoms with E-state index in [9.17, 15) is 4.79 Å². The topological polar surface area (TPSA) is 42.0 Å². The molecule has 0 radical (unpaired) electrons. The van der Waals surface area contributed by atoms with Crippen LogP contribution in [-0.4, -0.2) is 16.6 Å². The highest BCUT2D eigenvalue weighted by Gasteiger charge is 2.20. The summed E-state index contributed by atoms with van der Waals surface area (Å²) in [5.41, 5.74) is 2.45. The van der Waals surface area contributed by atoms with Crippen LogP contribution in [0.3, 0.4) is 0 Å². The number of anilines is 1. The van der Waals surface area contributed by atoms with Crippen LogP contribution in [0, 0.1) is 12.8 Å². The van der Waals surface area contributed by atoms with Crippen LogP contribution in [0.2, 0.25) is 0 Å². The zero-order valence-electron chi connectivity index (χ0n) is 13.6. The molecule has 1 heterocycles. The Morgan fingerprint density at radius 1 is 1.39 bits per heavy atom. The number of carbonyl (C=O) groups is 1. The van der Waals surface area contributed by atoms with Crippen LogP contribution >= 0.6 is 23.1 Å². The molecule has 3 nitrogen and oxygen atoms in total. The lowest BCUT2D eigenvalue weighted by Gasteiger charge is -2.15. The summed E-state index contributed by atoms with van der Waals surface area (Å²) in [6, 6.07) is 8.41. The van der Waals surface area contributed by atoms with Gasteiger partial charge in [0.2, 0.25) is 5.91 Å². The molecule has 1 N–H and O–H groups in total. The van der Waals surface area contributed by atoms with E-state index >= 15 is 0 Å². The van der Waals surface area contributed by atoms with Gasteiger partial charge in [-0.2, -0.15) is 0 Å². The molecule has 23 heavy (non-hydrogen) atoms. The van der Waals surface area contributed by atoms with Gasteiger partial charge in [-0.15, -0.1) is 23.1 Å². The fourth-order valence-corrected chi connectivity index (χ4v) is 4.71. The van der Waals surface area contributed by atoms with E-state index in [2.05, 4.69) is 48.4 Å². The first-order chi connectivity index (χ1) is 11.1. The molecule has 1 aromatic carbocycles. The van der Waals surface area contributed by atoms with E-state index in [1.165, 1.54) is 27.5 Å². The Morgan fingerprint density at radius 2 is 2.17 bits per heavy atom. The van der Waals surface area contributed by atoms with Gasteiger partial charge in [0.15, 0.2) is 5.13 Å². The van der Waals surface area contributed by atoms with Gasteiger partial charge in [-0.1, -0.05) is 24.6 Å². The van der Waals surface area contributed by atoms with Crippen molar-refractivity contribution in [3.63, 3.8) is 0 Å². The van der Waals surface area contributed by atoms with Crippen molar-refractivity contribution in [3.8, 4) is 0 Å². The standard InChI is InChI=1S/C18H22N2OS2/c1-12-3-6-14(7-4-12)22-10-9-17(21)20-18-19-15-8-5-13(2)11-16(15)23-18/h3-4,6-7,13H,5,8-11H2,1-2H3,(H,19,20,21)/t13-/m1/s1. The van der Waals surface area contributed by atoms with Crippen molar-refractivity contribution in [3.05, 3.63) is 40.4 Å². The lowest BCUT2D eigenvalue weighted by molar-refractivity contribution is -0.115. The van der Waals surface area contributed by atoms with Gasteiger partial charge >= 0.3 is 0 Å². The van der Waals surface area contributed by atoms with Gasteiger partial charge in [-0.3, -0.25) is 4.79 Å². The smallest absolute Gasteiger partial charge is 0.226 e. The predicted octanol–water partition coefficient (Wildman–Crippen LogP) is 4.70. The number of amides is 1. The molecule has 0 spiro atoms. The number of nitrogens with one attached hydrogen (secondary N) is 1. The fraction of sp³-hybridized carbons (Fsp3) is 0.444. The van der Waals surface area contributed by atoms with Crippen molar-refractivity contribution in [2.24, 2.45) is 5.92 Å². The zero-order chi connectivity index (χ0) is 16.2. The second-order valence-corrected chi connectivity index (χ2v) is 8.45. The van der Waals surface area contributed by atoms with Crippen molar-refractivity contribution >= 4 is 34.1 Å². The normalized spacial score (nSPS) is 16.9. The van der Waals surface area contributed by atoms with E-state index in [1.54, 1.807) is 23.1 Å². The minimum absolute atomic E-state index is 0.0590. The summed E-state index contributed by atoms with van der Waals surface area (Å²) in [6.07, 6.45) is 3.87. The van der Waals surface area contributed by atoms with E-state index in [-0.39, 0.29) is 5.91 Å². The van der Waals surface area contributed by atoms with Gasteiger partial charge in [0.25, 0.3) is 0 Å². The minimum Gasteiger partial charge on any atom is -0.302 e. The SMILES string of the molecule is Cc1ccc(SCCC(=O)Nc2nc3c(s2)C[C@H](C)CC3)cc1. The van der Waals surface area contributed by atoms with Crippen LogP contribution in [0.1, 0.15) is 35.9 Å². The molecule has 1 aliphatic carbocycles. The van der Waals surface area contributed by atoms with Gasteiger partial charge in [-0.05, 0) is 44.2 Å². The van der Waals surface area contributed by atoms with Crippen molar-refractivity contribution in [1.82, 2.24) is 4.98 Å². The maximum atomic E-state index is 12.1. The largest absolute Gasteiger partial charge is 0.302 e. The van der Waals surface area contributed by atoms with E-state index < -0.39 is 0 Å². The third kappa shape index (κ3) is 4.58. The first-order valence-electron chi connectivity index (χ1n) is 8.08. The lowest BCUT2D eigenvalue weighted by Crippen LogP contribution is -2.12. The van der Waals surface area contributed by atoms with Crippen molar-refractivity contribution in [2.75, 3.05) is 11.1 Å². The van der Waals surface area contributed by atoms with E-state index in [4.69, 9.17) is 0 Å². The Hall–Kier alpha value is -1.33. The van der Waals surface area contributed by atoms with E-state index in [0.717, 1.165) is 29.6 Å². The number of thioether (sulfide) groups is 1. The predicted molar refractivity (Wildman–Crippen MR) is 98.5 cm³/mol. The first-order valence-corrected chi connectivity index (χ1v) is 9.88. The number of hydrogen-bond acceptors (Lipinski definition) is 4. The van der Waals surface area contributed by atoms with Crippen LogP contribution < -0.4 is 5.32 Å². The summed E-state index contributed by atoms with van der Waals surface area (Å²) in [4.78, 5) is 19.2. The Kier molecular flexibility index (Phi) is 5.38. The maximum absolute atomic E-state index is 12.1. The Bertz CT molecular complexity index is 679. The molecule has 5 heteroatoms. The number of thiazole rings is 1. The summed E-state index contributed by atoms with van der Waals surface area (Å²) in [5, 5.41) is 3.74. The van der Waals surface area contributed by atoms with Crippen molar-refractivity contribution < 1.29 is 4.79 Å². The number of nitrogens with zero attached hydrogens (tertiary/aromatic N) is 1. The fourth-order valence-electron chi connectivity index (χ4n) is 2.67. The lowest BCUT2D eigenvalue weighted by atomic mass is 9.93. The third-order valence-corrected chi connectivity index (χ3v) is 6.10. The average Bonchev–Trinajstić information content (AvgIpc) is 2.90. The second-order valence-electron chi connectivity index (χ2n) is 6.20. The highest BCUT2D eigenvalue weighted by atomic mass is 32.2. The zero-order valence-corrected chi connectivity index (χ0v) is 15.2. The molecule has 1 amide bonds. The quantitative estimate of drug-likeness (QED) is 0.798. The molecule has 1 atom stereocenters. The first kappa shape index (κ1) is 16.5. The molecule has 0 fully saturated rings. The summed E-state index contributed by atoms with van der Waals surface area (Å²) in [7, 11) is 0. The summed E-state index contributed by atoms with van der Waals surface area (Å²) < 4.78 is 0. The molecule has 2 aromatic rings. The van der Waals surface area contributed by atoms with Crippen LogP contribution in [0.25, 0.3) is 0 Å². The monoisotopic (exact) mass is 346 g/mol. The van der Waals surface area contributed by atoms with Gasteiger partial charge in [0, 0.05) is 21.9 Å². The van der Waals surface area contributed by atoms with Crippen LogP contribution in [-0.2, 0) is 17.6 Å². The van der Waals surface area contributed by atoms with Crippen molar-refractivity contribution in [1.29, 1.82) is 0 Å². The molecule has 1 aromatic heterocycles. The molecular weight excluding hydrogens is 324 g/mol. The van der Waals surface area contributed by atoms with Crippen LogP contribution in [0.15, 0.2) is 29.2 Å². The van der Waals surface area contributed by atoms with Gasteiger partial charge in [-0.25, -0.2) is 4.98 Å². The van der Waals surface area contributed by atoms with Gasteiger partial charge in [0.05, 0.1) is 5.69 Å². The molecule has 122 valence electrons. The number of aryl methyl sites for hydroxylation is 2. The van der Waals surface area contributed by atoms with Crippen molar-refractivity contribution in [2.45, 2.75) is 44.4 Å². The second kappa shape index (κ2) is 7.49. The summed E-state index contributed by atoms with van der Waals surface area (Å²) in [6.45, 7) is 4.36. The highest BCUT2D eigenvalue weighted by molar-refractivity contribution is 7.99. The van der Waals surface area contributed by atoms with E-state index in [0.29, 0.717) is 6.42 Å². The highest BCUT2D eigenvalue weighted by Crippen LogP contribution is 2.32. The van der Waals surface area contributed by atoms with Crippen LogP contribution in [0.5, 0.6) is 0 Å². The molecule has 3 rings (SSSR count). The average molecular weight is 347 g/mol. The number of rotatable bonds is 5. The Morgan fingerprint density at radius 3 is 2.96 bits per heavy atom. The number of aromatic nitrogens is 1. The van der Waals surface area contributed by atoms with Gasteiger partial charge in [0.1, 0.15) is 0 Å².